The number of nitrogens with zero attached hydrogens (tertiary/aromatic N) is 1. The molecule has 2 rings (SSSR count). The van der Waals surface area contributed by atoms with E-state index in [0.717, 1.165) is 50.9 Å². The summed E-state index contributed by atoms with van der Waals surface area (Å²) < 4.78 is 38.3. The second-order valence-electron chi connectivity index (χ2n) is 6.04. The van der Waals surface area contributed by atoms with Gasteiger partial charge in [-0.05, 0) is 44.1 Å². The Bertz CT molecular complexity index is 693. The molecule has 1 heterocycles. The highest BCUT2D eigenvalue weighted by Gasteiger charge is 2.33. The van der Waals surface area contributed by atoms with Gasteiger partial charge in [-0.25, -0.2) is 9.59 Å². The van der Waals surface area contributed by atoms with Crippen LogP contribution in [-0.4, -0.2) is 52.6 Å². The van der Waals surface area contributed by atoms with Crippen molar-refractivity contribution >= 4 is 35.1 Å². The Morgan fingerprint density at radius 3 is 2.04 bits per heavy atom. The van der Waals surface area contributed by atoms with Gasteiger partial charge >= 0.3 is 18.1 Å². The minimum Gasteiger partial charge on any atom is -0.473 e. The number of nitrogens with one attached hydrogen (secondary N) is 1. The van der Waals surface area contributed by atoms with Crippen molar-refractivity contribution in [1.82, 2.24) is 4.90 Å². The van der Waals surface area contributed by atoms with Crippen LogP contribution < -0.4 is 5.32 Å². The van der Waals surface area contributed by atoms with E-state index in [0.29, 0.717) is 0 Å². The average Bonchev–Trinajstić information content (AvgIpc) is 2.84. The highest BCUT2D eigenvalue weighted by molar-refractivity contribution is 6.31. The molecule has 0 radical (unpaired) electrons. The Kier molecular flexibility index (Phi) is 9.20. The Balaban J connectivity index is 0.000000568. The van der Waals surface area contributed by atoms with Crippen LogP contribution in [0.5, 0.6) is 0 Å². The molecule has 1 aliphatic rings. The smallest absolute Gasteiger partial charge is 0.417 e. The molecule has 0 aromatic heterocycles. The molecule has 11 heteroatoms. The summed E-state index contributed by atoms with van der Waals surface area (Å²) in [7, 11) is 0. The van der Waals surface area contributed by atoms with Crippen molar-refractivity contribution in [1.29, 1.82) is 0 Å². The summed E-state index contributed by atoms with van der Waals surface area (Å²) in [5.41, 5.74) is -0.835. The third-order valence-corrected chi connectivity index (χ3v) is 4.13. The topological polar surface area (TPSA) is 107 Å². The molecule has 0 atom stereocenters. The van der Waals surface area contributed by atoms with Gasteiger partial charge in [0.15, 0.2) is 0 Å². The number of hydrogen-bond acceptors (Lipinski definition) is 4. The summed E-state index contributed by atoms with van der Waals surface area (Å²) in [5, 5.41) is 16.9. The van der Waals surface area contributed by atoms with Crippen LogP contribution in [0.4, 0.5) is 18.9 Å². The number of alkyl halides is 3. The molecular weight excluding hydrogens is 405 g/mol. The van der Waals surface area contributed by atoms with Crippen molar-refractivity contribution in [2.75, 3.05) is 25.0 Å². The number of anilines is 1. The third-order valence-electron chi connectivity index (χ3n) is 3.80. The van der Waals surface area contributed by atoms with Gasteiger partial charge in [0.1, 0.15) is 0 Å². The zero-order chi connectivity index (χ0) is 21.3. The highest BCUT2D eigenvalue weighted by atomic mass is 35.5. The highest BCUT2D eigenvalue weighted by Crippen LogP contribution is 2.36. The first-order valence-electron chi connectivity index (χ1n) is 8.36. The summed E-state index contributed by atoms with van der Waals surface area (Å²) >= 11 is 5.55. The summed E-state index contributed by atoms with van der Waals surface area (Å²) in [4.78, 5) is 32.2. The van der Waals surface area contributed by atoms with E-state index in [1.54, 1.807) is 0 Å². The minimum absolute atomic E-state index is 0.108. The van der Waals surface area contributed by atoms with E-state index in [9.17, 15) is 18.0 Å². The van der Waals surface area contributed by atoms with Gasteiger partial charge in [0.2, 0.25) is 5.91 Å². The van der Waals surface area contributed by atoms with Crippen molar-refractivity contribution in [3.63, 3.8) is 0 Å². The molecule has 0 aliphatic carbocycles. The van der Waals surface area contributed by atoms with Crippen molar-refractivity contribution in [2.24, 2.45) is 0 Å². The van der Waals surface area contributed by atoms with Crippen LogP contribution in [-0.2, 0) is 20.6 Å². The normalized spacial score (nSPS) is 15.0. The zero-order valence-electron chi connectivity index (χ0n) is 14.8. The fourth-order valence-corrected chi connectivity index (χ4v) is 2.74. The number of carboxylic acids is 2. The lowest BCUT2D eigenvalue weighted by atomic mass is 10.2. The predicted molar refractivity (Wildman–Crippen MR) is 95.3 cm³/mol. The van der Waals surface area contributed by atoms with Crippen molar-refractivity contribution in [2.45, 2.75) is 31.9 Å². The van der Waals surface area contributed by atoms with Crippen LogP contribution in [0, 0.1) is 0 Å². The van der Waals surface area contributed by atoms with Crippen molar-refractivity contribution < 1.29 is 37.8 Å². The maximum absolute atomic E-state index is 12.8. The van der Waals surface area contributed by atoms with Crippen LogP contribution in [0.25, 0.3) is 0 Å². The van der Waals surface area contributed by atoms with Crippen LogP contribution in [0.1, 0.15) is 31.2 Å². The fourth-order valence-electron chi connectivity index (χ4n) is 2.52. The molecule has 28 heavy (non-hydrogen) atoms. The van der Waals surface area contributed by atoms with Gasteiger partial charge in [0, 0.05) is 5.69 Å². The summed E-state index contributed by atoms with van der Waals surface area (Å²) in [6.07, 6.45) is -0.129. The van der Waals surface area contributed by atoms with Gasteiger partial charge in [0.05, 0.1) is 17.1 Å². The lowest BCUT2D eigenvalue weighted by molar-refractivity contribution is -0.159. The summed E-state index contributed by atoms with van der Waals surface area (Å²) in [5.74, 6) is -3.96. The molecule has 7 nitrogen and oxygen atoms in total. The Hall–Kier alpha value is -2.33. The second kappa shape index (κ2) is 10.9. The maximum atomic E-state index is 12.8. The maximum Gasteiger partial charge on any atom is 0.417 e. The van der Waals surface area contributed by atoms with E-state index in [2.05, 4.69) is 5.32 Å². The number of carbonyl (C=O) groups excluding carboxylic acids is 1. The molecule has 1 fully saturated rings. The molecule has 0 bridgehead atoms. The van der Waals surface area contributed by atoms with Crippen molar-refractivity contribution in [3.05, 3.63) is 28.8 Å². The van der Waals surface area contributed by atoms with Crippen LogP contribution >= 0.6 is 11.6 Å². The molecule has 156 valence electrons. The van der Waals surface area contributed by atoms with Gasteiger partial charge in [-0.3, -0.25) is 9.69 Å². The van der Waals surface area contributed by atoms with Gasteiger partial charge in [-0.1, -0.05) is 24.4 Å². The molecule has 0 saturated carbocycles. The number of rotatable bonds is 3. The lowest BCUT2D eigenvalue weighted by Gasteiger charge is -2.19. The molecule has 1 amide bonds. The van der Waals surface area contributed by atoms with Crippen molar-refractivity contribution in [3.8, 4) is 0 Å². The summed E-state index contributed by atoms with van der Waals surface area (Å²) in [6.45, 7) is 1.90. The van der Waals surface area contributed by atoms with Gasteiger partial charge in [0.25, 0.3) is 0 Å². The Morgan fingerprint density at radius 1 is 1.04 bits per heavy atom. The molecule has 1 aromatic carbocycles. The molecule has 3 N–H and O–H groups in total. The average molecular weight is 425 g/mol. The molecule has 1 saturated heterocycles. The largest absolute Gasteiger partial charge is 0.473 e. The van der Waals surface area contributed by atoms with E-state index >= 15 is 0 Å². The lowest BCUT2D eigenvalue weighted by Crippen LogP contribution is -2.33. The van der Waals surface area contributed by atoms with E-state index in [4.69, 9.17) is 31.4 Å². The van der Waals surface area contributed by atoms with E-state index < -0.39 is 23.7 Å². The number of carboxylic acid groups (broad SMARTS) is 2. The van der Waals surface area contributed by atoms with Crippen LogP contribution in [0.3, 0.4) is 0 Å². The minimum atomic E-state index is -4.54. The number of aliphatic carboxylic acids is 2. The molecule has 0 unspecified atom stereocenters. The number of halogens is 4. The molecule has 1 aromatic rings. The number of hydrogen-bond donors (Lipinski definition) is 3. The predicted octanol–water partition coefficient (Wildman–Crippen LogP) is 3.33. The first-order chi connectivity index (χ1) is 13.0. The van der Waals surface area contributed by atoms with Crippen LogP contribution in [0.15, 0.2) is 18.2 Å². The first-order valence-corrected chi connectivity index (χ1v) is 8.73. The number of benzene rings is 1. The van der Waals surface area contributed by atoms with Gasteiger partial charge < -0.3 is 15.5 Å². The van der Waals surface area contributed by atoms with Crippen LogP contribution in [0.2, 0.25) is 5.02 Å². The number of carbonyl (C=O) groups is 3. The SMILES string of the molecule is O=C(CN1CCCCCC1)Nc1ccc(Cl)c(C(F)(F)F)c1.O=C(O)C(=O)O. The monoisotopic (exact) mass is 424 g/mol. The van der Waals surface area contributed by atoms with E-state index in [1.807, 2.05) is 4.90 Å². The Labute approximate surface area is 164 Å². The third kappa shape index (κ3) is 8.57. The molecule has 1 aliphatic heterocycles. The Morgan fingerprint density at radius 2 is 1.57 bits per heavy atom. The molecular formula is C17H20ClF3N2O5. The molecule has 0 spiro atoms. The fraction of sp³-hybridized carbons (Fsp3) is 0.471. The standard InChI is InChI=1S/C15H18ClF3N2O.C2H2O4/c16-13-6-5-11(9-12(13)15(17,18)19)20-14(22)10-21-7-3-1-2-4-8-21;3-1(4)2(5)6/h5-6,9H,1-4,7-8,10H2,(H,20,22);(H,3,4)(H,5,6). The number of amides is 1. The van der Waals surface area contributed by atoms with Gasteiger partial charge in [-0.2, -0.15) is 13.2 Å². The quantitative estimate of drug-likeness (QED) is 0.642. The summed E-state index contributed by atoms with van der Waals surface area (Å²) in [6, 6.07) is 3.38. The number of likely N-dealkylation sites (tertiary alicyclic amines) is 1. The van der Waals surface area contributed by atoms with E-state index in [1.165, 1.54) is 6.07 Å². The van der Waals surface area contributed by atoms with E-state index in [-0.39, 0.29) is 23.2 Å². The second-order valence-corrected chi connectivity index (χ2v) is 6.45. The first kappa shape index (κ1) is 23.7. The zero-order valence-corrected chi connectivity index (χ0v) is 15.5. The van der Waals surface area contributed by atoms with Gasteiger partial charge in [-0.15, -0.1) is 0 Å².